The van der Waals surface area contributed by atoms with Crippen LogP contribution in [0.1, 0.15) is 17.3 Å². The van der Waals surface area contributed by atoms with Gasteiger partial charge >= 0.3 is 0 Å². The van der Waals surface area contributed by atoms with Crippen molar-refractivity contribution in [3.05, 3.63) is 23.9 Å². The van der Waals surface area contributed by atoms with E-state index in [2.05, 4.69) is 4.98 Å². The largest absolute Gasteiger partial charge is 0.320 e. The lowest BCUT2D eigenvalue weighted by Gasteiger charge is -2.34. The van der Waals surface area contributed by atoms with E-state index in [-0.39, 0.29) is 5.91 Å². The second-order valence-electron chi connectivity index (χ2n) is 4.68. The molecule has 1 saturated heterocycles. The zero-order valence-corrected chi connectivity index (χ0v) is 14.4. The van der Waals surface area contributed by atoms with Crippen molar-refractivity contribution in [1.82, 2.24) is 9.88 Å². The SMILES string of the molecule is CCSc1ccc(C(=O)N2CCSCC2S(C)(=O)=O)cn1. The van der Waals surface area contributed by atoms with Gasteiger partial charge in [-0.3, -0.25) is 4.79 Å². The summed E-state index contributed by atoms with van der Waals surface area (Å²) >= 11 is 3.16. The van der Waals surface area contributed by atoms with Crippen LogP contribution in [0.5, 0.6) is 0 Å². The van der Waals surface area contributed by atoms with Gasteiger partial charge in [-0.25, -0.2) is 13.4 Å². The Kier molecular flexibility index (Phi) is 5.56. The van der Waals surface area contributed by atoms with Gasteiger partial charge in [-0.1, -0.05) is 6.92 Å². The molecule has 0 aromatic carbocycles. The number of carbonyl (C=O) groups is 1. The minimum absolute atomic E-state index is 0.258. The monoisotopic (exact) mass is 346 g/mol. The summed E-state index contributed by atoms with van der Waals surface area (Å²) < 4.78 is 23.7. The Hall–Kier alpha value is -0.730. The molecule has 0 spiro atoms. The normalized spacial score (nSPS) is 19.5. The number of hydrogen-bond donors (Lipinski definition) is 0. The second kappa shape index (κ2) is 7.02. The second-order valence-corrected chi connectivity index (χ2v) is 9.31. The van der Waals surface area contributed by atoms with Crippen molar-refractivity contribution in [2.45, 2.75) is 17.3 Å². The molecule has 1 aliphatic rings. The number of aromatic nitrogens is 1. The van der Waals surface area contributed by atoms with Crippen LogP contribution in [-0.2, 0) is 9.84 Å². The number of sulfone groups is 1. The number of thioether (sulfide) groups is 2. The highest BCUT2D eigenvalue weighted by atomic mass is 32.2. The Balaban J connectivity index is 2.20. The van der Waals surface area contributed by atoms with E-state index in [1.807, 2.05) is 6.92 Å². The fourth-order valence-electron chi connectivity index (χ4n) is 2.07. The summed E-state index contributed by atoms with van der Waals surface area (Å²) in [5.41, 5.74) is 0.441. The molecule has 1 fully saturated rings. The van der Waals surface area contributed by atoms with Crippen molar-refractivity contribution >= 4 is 39.3 Å². The van der Waals surface area contributed by atoms with Crippen LogP contribution in [0.2, 0.25) is 0 Å². The number of carbonyl (C=O) groups excluding carboxylic acids is 1. The van der Waals surface area contributed by atoms with Crippen LogP contribution in [0.4, 0.5) is 0 Å². The maximum atomic E-state index is 12.5. The molecule has 1 unspecified atom stereocenters. The fraction of sp³-hybridized carbons (Fsp3) is 0.538. The highest BCUT2D eigenvalue weighted by molar-refractivity contribution is 8.01. The van der Waals surface area contributed by atoms with Crippen LogP contribution >= 0.6 is 23.5 Å². The summed E-state index contributed by atoms with van der Waals surface area (Å²) in [4.78, 5) is 18.2. The first kappa shape index (κ1) is 16.6. The molecule has 1 atom stereocenters. The smallest absolute Gasteiger partial charge is 0.256 e. The third-order valence-electron chi connectivity index (χ3n) is 3.12. The molecule has 5 nitrogen and oxygen atoms in total. The lowest BCUT2D eigenvalue weighted by Crippen LogP contribution is -2.49. The molecule has 2 rings (SSSR count). The van der Waals surface area contributed by atoms with Crippen LogP contribution in [-0.4, -0.2) is 59.6 Å². The van der Waals surface area contributed by atoms with Crippen molar-refractivity contribution in [3.8, 4) is 0 Å². The minimum atomic E-state index is -3.29. The summed E-state index contributed by atoms with van der Waals surface area (Å²) in [7, 11) is -3.29. The highest BCUT2D eigenvalue weighted by Crippen LogP contribution is 2.23. The van der Waals surface area contributed by atoms with Gasteiger partial charge < -0.3 is 4.90 Å². The zero-order valence-electron chi connectivity index (χ0n) is 12.0. The minimum Gasteiger partial charge on any atom is -0.320 e. The molecule has 21 heavy (non-hydrogen) atoms. The summed E-state index contributed by atoms with van der Waals surface area (Å²) in [5.74, 6) is 1.85. The first-order valence-electron chi connectivity index (χ1n) is 6.60. The number of amides is 1. The van der Waals surface area contributed by atoms with E-state index < -0.39 is 15.2 Å². The van der Waals surface area contributed by atoms with Gasteiger partial charge in [-0.15, -0.1) is 11.8 Å². The van der Waals surface area contributed by atoms with Crippen molar-refractivity contribution in [3.63, 3.8) is 0 Å². The van der Waals surface area contributed by atoms with E-state index in [4.69, 9.17) is 0 Å². The third-order valence-corrected chi connectivity index (χ3v) is 6.58. The molecule has 1 aromatic heterocycles. The van der Waals surface area contributed by atoms with Crippen LogP contribution in [0, 0.1) is 0 Å². The predicted octanol–water partition coefficient (Wildman–Crippen LogP) is 1.75. The van der Waals surface area contributed by atoms with E-state index >= 15 is 0 Å². The maximum absolute atomic E-state index is 12.5. The first-order chi connectivity index (χ1) is 9.93. The molecule has 0 N–H and O–H groups in total. The molecule has 1 amide bonds. The molecule has 8 heteroatoms. The van der Waals surface area contributed by atoms with Gasteiger partial charge in [-0.05, 0) is 17.9 Å². The van der Waals surface area contributed by atoms with Crippen LogP contribution in [0.15, 0.2) is 23.4 Å². The molecular weight excluding hydrogens is 328 g/mol. The molecule has 0 saturated carbocycles. The van der Waals surface area contributed by atoms with Gasteiger partial charge in [-0.2, -0.15) is 11.8 Å². The quantitative estimate of drug-likeness (QED) is 0.774. The molecule has 1 aliphatic heterocycles. The Morgan fingerprint density at radius 3 is 2.86 bits per heavy atom. The number of pyridine rings is 1. The summed E-state index contributed by atoms with van der Waals surface area (Å²) in [6, 6.07) is 3.52. The molecule has 0 bridgehead atoms. The topological polar surface area (TPSA) is 67.3 Å². The van der Waals surface area contributed by atoms with Crippen molar-refractivity contribution < 1.29 is 13.2 Å². The Morgan fingerprint density at radius 1 is 1.52 bits per heavy atom. The van der Waals surface area contributed by atoms with Crippen molar-refractivity contribution in [1.29, 1.82) is 0 Å². The van der Waals surface area contributed by atoms with Gasteiger partial charge in [0.25, 0.3) is 5.91 Å². The Labute approximate surface area is 133 Å². The van der Waals surface area contributed by atoms with E-state index in [1.165, 1.54) is 17.4 Å². The Morgan fingerprint density at radius 2 is 2.29 bits per heavy atom. The van der Waals surface area contributed by atoms with E-state index in [0.29, 0.717) is 17.9 Å². The van der Waals surface area contributed by atoms with Crippen LogP contribution in [0.3, 0.4) is 0 Å². The van der Waals surface area contributed by atoms with Crippen molar-refractivity contribution in [2.75, 3.05) is 30.1 Å². The average molecular weight is 346 g/mol. The van der Waals surface area contributed by atoms with Crippen LogP contribution in [0.25, 0.3) is 0 Å². The zero-order chi connectivity index (χ0) is 15.5. The van der Waals surface area contributed by atoms with E-state index in [1.54, 1.807) is 35.7 Å². The third kappa shape index (κ3) is 4.14. The van der Waals surface area contributed by atoms with E-state index in [9.17, 15) is 13.2 Å². The number of nitrogens with zero attached hydrogens (tertiary/aromatic N) is 2. The number of hydrogen-bond acceptors (Lipinski definition) is 6. The molecule has 2 heterocycles. The first-order valence-corrected chi connectivity index (χ1v) is 10.7. The summed E-state index contributed by atoms with van der Waals surface area (Å²) in [5, 5.41) is 0.122. The molecule has 116 valence electrons. The van der Waals surface area contributed by atoms with Crippen molar-refractivity contribution in [2.24, 2.45) is 0 Å². The standard InChI is InChI=1S/C13H18N2O3S3/c1-3-20-11-5-4-10(8-14-11)13(16)15-6-7-19-9-12(15)21(2,17)18/h4-5,8,12H,3,6-7,9H2,1-2H3. The van der Waals surface area contributed by atoms with Crippen LogP contribution < -0.4 is 0 Å². The molecule has 0 aliphatic carbocycles. The van der Waals surface area contributed by atoms with Gasteiger partial charge in [0, 0.05) is 30.5 Å². The summed E-state index contributed by atoms with van der Waals surface area (Å²) in [6.07, 6.45) is 2.71. The predicted molar refractivity (Wildman–Crippen MR) is 87.6 cm³/mol. The van der Waals surface area contributed by atoms with E-state index in [0.717, 1.165) is 16.5 Å². The Bertz CT molecular complexity index is 602. The van der Waals surface area contributed by atoms with Gasteiger partial charge in [0.05, 0.1) is 10.6 Å². The fourth-order valence-corrected chi connectivity index (χ4v) is 5.48. The number of rotatable bonds is 4. The van der Waals surface area contributed by atoms with Gasteiger partial charge in [0.1, 0.15) is 5.37 Å². The average Bonchev–Trinajstić information content (AvgIpc) is 2.47. The molecule has 1 aromatic rings. The van der Waals surface area contributed by atoms with Gasteiger partial charge in [0.2, 0.25) is 0 Å². The lowest BCUT2D eigenvalue weighted by molar-refractivity contribution is 0.0749. The molecule has 0 radical (unpaired) electrons. The van der Waals surface area contributed by atoms with Gasteiger partial charge in [0.15, 0.2) is 9.84 Å². The molecular formula is C13H18N2O3S3. The summed E-state index contributed by atoms with van der Waals surface area (Å²) in [6.45, 7) is 2.49. The highest BCUT2D eigenvalue weighted by Gasteiger charge is 2.34. The maximum Gasteiger partial charge on any atom is 0.256 e. The lowest BCUT2D eigenvalue weighted by atomic mass is 10.2.